The molecule has 0 aromatic heterocycles. The predicted molar refractivity (Wildman–Crippen MR) is 71.5 cm³/mol. The van der Waals surface area contributed by atoms with Crippen LogP contribution in [0.3, 0.4) is 0 Å². The molecule has 19 heavy (non-hydrogen) atoms. The lowest BCUT2D eigenvalue weighted by molar-refractivity contribution is 0.100. The monoisotopic (exact) mass is 308 g/mol. The number of ketones is 1. The number of carbonyl (C=O) groups is 1. The summed E-state index contributed by atoms with van der Waals surface area (Å²) in [6, 6.07) is 3.40. The summed E-state index contributed by atoms with van der Waals surface area (Å²) in [5.74, 6) is -1.05. The molecule has 0 aliphatic rings. The summed E-state index contributed by atoms with van der Waals surface area (Å²) < 4.78 is 35.1. The normalized spacial score (nSPS) is 11.6. The third-order valence-electron chi connectivity index (χ3n) is 2.22. The quantitative estimate of drug-likeness (QED) is 0.566. The van der Waals surface area contributed by atoms with Gasteiger partial charge in [-0.15, -0.1) is 0 Å². The van der Waals surface area contributed by atoms with E-state index in [4.69, 9.17) is 20.6 Å². The number of halogens is 2. The van der Waals surface area contributed by atoms with Crippen molar-refractivity contribution in [3.63, 3.8) is 0 Å². The van der Waals surface area contributed by atoms with Crippen molar-refractivity contribution in [2.75, 3.05) is 19.4 Å². The molecule has 0 aliphatic heterocycles. The maximum atomic E-state index is 12.9. The van der Waals surface area contributed by atoms with Gasteiger partial charge in [-0.2, -0.15) is 0 Å². The summed E-state index contributed by atoms with van der Waals surface area (Å²) in [6.07, 6.45) is -0.417. The number of Topliss-reactive ketones (excluding diaryl/α,β-unsaturated/α-hetero) is 1. The Labute approximate surface area is 116 Å². The highest BCUT2D eigenvalue weighted by atomic mass is 35.5. The average molecular weight is 309 g/mol. The fraction of sp³-hybridized carbons (Fsp3) is 0.417. The van der Waals surface area contributed by atoms with Crippen LogP contribution in [0.1, 0.15) is 24.2 Å². The van der Waals surface area contributed by atoms with Crippen LogP contribution in [0.2, 0.25) is 5.02 Å². The molecular formula is C12H15ClFO4P. The van der Waals surface area contributed by atoms with Gasteiger partial charge in [-0.25, -0.2) is 4.39 Å². The van der Waals surface area contributed by atoms with Gasteiger partial charge in [-0.3, -0.25) is 9.36 Å². The highest BCUT2D eigenvalue weighted by molar-refractivity contribution is 7.55. The zero-order valence-corrected chi connectivity index (χ0v) is 12.3. The Kier molecular flexibility index (Phi) is 6.14. The molecule has 0 heterocycles. The molecule has 0 unspecified atom stereocenters. The first kappa shape index (κ1) is 16.3. The molecule has 0 aliphatic carbocycles. The molecule has 1 rings (SSSR count). The van der Waals surface area contributed by atoms with E-state index in [1.54, 1.807) is 13.8 Å². The van der Waals surface area contributed by atoms with E-state index >= 15 is 0 Å². The Morgan fingerprint density at radius 2 is 1.89 bits per heavy atom. The number of carbonyl (C=O) groups excluding carboxylic acids is 1. The van der Waals surface area contributed by atoms with E-state index in [-0.39, 0.29) is 23.8 Å². The molecule has 0 amide bonds. The Balaban J connectivity index is 2.91. The van der Waals surface area contributed by atoms with Crippen LogP contribution in [0.15, 0.2) is 18.2 Å². The van der Waals surface area contributed by atoms with Gasteiger partial charge in [0.05, 0.1) is 18.2 Å². The number of hydrogen-bond donors (Lipinski definition) is 0. The van der Waals surface area contributed by atoms with Gasteiger partial charge in [0.2, 0.25) is 0 Å². The van der Waals surface area contributed by atoms with E-state index in [1.165, 1.54) is 6.07 Å². The van der Waals surface area contributed by atoms with Gasteiger partial charge in [0.15, 0.2) is 5.78 Å². The van der Waals surface area contributed by atoms with Gasteiger partial charge in [0.1, 0.15) is 12.0 Å². The van der Waals surface area contributed by atoms with Crippen molar-refractivity contribution in [1.82, 2.24) is 0 Å². The molecule has 0 atom stereocenters. The fourth-order valence-corrected chi connectivity index (χ4v) is 3.34. The summed E-state index contributed by atoms with van der Waals surface area (Å²) in [5, 5.41) is -0.0236. The molecular weight excluding hydrogens is 294 g/mol. The highest BCUT2D eigenvalue weighted by Crippen LogP contribution is 2.48. The van der Waals surface area contributed by atoms with Crippen molar-refractivity contribution >= 4 is 25.0 Å². The average Bonchev–Trinajstić information content (AvgIpc) is 2.28. The Morgan fingerprint density at radius 1 is 1.32 bits per heavy atom. The van der Waals surface area contributed by atoms with Gasteiger partial charge in [-0.1, -0.05) is 11.6 Å². The van der Waals surface area contributed by atoms with Gasteiger partial charge in [0.25, 0.3) is 0 Å². The maximum Gasteiger partial charge on any atom is 0.338 e. The van der Waals surface area contributed by atoms with E-state index in [2.05, 4.69) is 0 Å². The first-order valence-corrected chi connectivity index (χ1v) is 7.89. The smallest absolute Gasteiger partial charge is 0.309 e. The van der Waals surface area contributed by atoms with Gasteiger partial charge in [-0.05, 0) is 32.0 Å². The van der Waals surface area contributed by atoms with Crippen LogP contribution in [0.25, 0.3) is 0 Å². The summed E-state index contributed by atoms with van der Waals surface area (Å²) >= 11 is 5.78. The van der Waals surface area contributed by atoms with Gasteiger partial charge in [0, 0.05) is 5.56 Å². The summed E-state index contributed by atoms with van der Waals surface area (Å²) in [7, 11) is -3.47. The topological polar surface area (TPSA) is 52.6 Å². The second-order valence-corrected chi connectivity index (χ2v) is 6.11. The third kappa shape index (κ3) is 4.69. The van der Waals surface area contributed by atoms with Gasteiger partial charge >= 0.3 is 7.60 Å². The van der Waals surface area contributed by atoms with Crippen molar-refractivity contribution in [1.29, 1.82) is 0 Å². The third-order valence-corrected chi connectivity index (χ3v) is 4.51. The molecule has 0 N–H and O–H groups in total. The molecule has 7 heteroatoms. The van der Waals surface area contributed by atoms with Crippen molar-refractivity contribution in [2.24, 2.45) is 0 Å². The molecule has 1 aromatic rings. The van der Waals surface area contributed by atoms with E-state index in [0.29, 0.717) is 0 Å². The lowest BCUT2D eigenvalue weighted by Crippen LogP contribution is -2.11. The van der Waals surface area contributed by atoms with Crippen molar-refractivity contribution in [2.45, 2.75) is 13.8 Å². The largest absolute Gasteiger partial charge is 0.338 e. The van der Waals surface area contributed by atoms with Crippen molar-refractivity contribution in [3.8, 4) is 0 Å². The van der Waals surface area contributed by atoms with Gasteiger partial charge < -0.3 is 9.05 Å². The van der Waals surface area contributed by atoms with E-state index in [1.807, 2.05) is 0 Å². The predicted octanol–water partition coefficient (Wildman–Crippen LogP) is 3.93. The number of rotatable bonds is 7. The molecule has 106 valence electrons. The Bertz CT molecular complexity index is 497. The van der Waals surface area contributed by atoms with E-state index < -0.39 is 25.4 Å². The minimum atomic E-state index is -3.47. The fourth-order valence-electron chi connectivity index (χ4n) is 1.50. The lowest BCUT2D eigenvalue weighted by Gasteiger charge is -2.16. The minimum absolute atomic E-state index is 0.0236. The van der Waals surface area contributed by atoms with E-state index in [9.17, 15) is 13.8 Å². The van der Waals surface area contributed by atoms with Crippen LogP contribution in [0, 0.1) is 5.82 Å². The lowest BCUT2D eigenvalue weighted by atomic mass is 10.1. The molecule has 0 radical (unpaired) electrons. The first-order valence-electron chi connectivity index (χ1n) is 5.78. The zero-order chi connectivity index (χ0) is 14.5. The standard InChI is InChI=1S/C12H15ClFO4P/c1-3-17-19(16,18-4-2)8-12(15)10-6-5-9(14)7-11(10)13/h5-7H,3-4,8H2,1-2H3. The molecule has 0 spiro atoms. The van der Waals surface area contributed by atoms with Crippen LogP contribution in [0.5, 0.6) is 0 Å². The van der Waals surface area contributed by atoms with Crippen LogP contribution < -0.4 is 0 Å². The summed E-state index contributed by atoms with van der Waals surface area (Å²) in [4.78, 5) is 12.0. The minimum Gasteiger partial charge on any atom is -0.309 e. The van der Waals surface area contributed by atoms with Crippen LogP contribution in [0.4, 0.5) is 4.39 Å². The SMILES string of the molecule is CCOP(=O)(CC(=O)c1ccc(F)cc1Cl)OCC. The number of benzene rings is 1. The molecule has 4 nitrogen and oxygen atoms in total. The maximum absolute atomic E-state index is 12.9. The van der Waals surface area contributed by atoms with Crippen LogP contribution in [-0.4, -0.2) is 25.2 Å². The highest BCUT2D eigenvalue weighted by Gasteiger charge is 2.29. The second kappa shape index (κ2) is 7.15. The van der Waals surface area contributed by atoms with Crippen LogP contribution in [-0.2, 0) is 13.6 Å². The first-order chi connectivity index (χ1) is 8.91. The molecule has 0 bridgehead atoms. The number of hydrogen-bond acceptors (Lipinski definition) is 4. The summed E-state index contributed by atoms with van der Waals surface area (Å²) in [6.45, 7) is 3.64. The zero-order valence-electron chi connectivity index (χ0n) is 10.7. The molecule has 0 fully saturated rings. The van der Waals surface area contributed by atoms with Crippen molar-refractivity contribution < 1.29 is 22.8 Å². The Hall–Kier alpha value is -0.740. The second-order valence-electron chi connectivity index (χ2n) is 3.65. The summed E-state index contributed by atoms with van der Waals surface area (Å²) in [5.41, 5.74) is 0.0997. The molecule has 1 aromatic carbocycles. The Morgan fingerprint density at radius 3 is 2.37 bits per heavy atom. The molecule has 0 saturated heterocycles. The van der Waals surface area contributed by atoms with Crippen molar-refractivity contribution in [3.05, 3.63) is 34.6 Å². The van der Waals surface area contributed by atoms with Crippen LogP contribution >= 0.6 is 19.2 Å². The van der Waals surface area contributed by atoms with E-state index in [0.717, 1.165) is 12.1 Å². The molecule has 0 saturated carbocycles.